The number of benzene rings is 1. The number of carbonyl (C=O) groups excluding carboxylic acids is 2. The molecule has 2 amide bonds. The summed E-state index contributed by atoms with van der Waals surface area (Å²) in [5.74, 6) is -3.08. The summed E-state index contributed by atoms with van der Waals surface area (Å²) in [5, 5.41) is 31.9. The zero-order chi connectivity index (χ0) is 30.7. The standard InChI is InChI=1S/C28H35N9O6/c1-26(2)9-11-43-20-14(6-4-7-15(20)26)22(38)34-18-13-37-25(30)33-16(21-27(37,28(18,40)41)36-24(29)35-21)12-32-23(39)19-17(42-3)8-5-10-31-19/h4-8,10,16,18,21,40-41H,9,11-13H2,1-3H3,(H2,30,33)(H,32,39)(H,34,38)(H3,29,35,36)/t16-,18?,21?,27?/m0/s1. The lowest BCUT2D eigenvalue weighted by molar-refractivity contribution is -0.230. The molecule has 43 heavy (non-hydrogen) atoms. The molecule has 0 radical (unpaired) electrons. The van der Waals surface area contributed by atoms with Gasteiger partial charge in [-0.3, -0.25) is 9.59 Å². The molecule has 0 bridgehead atoms. The first-order valence-electron chi connectivity index (χ1n) is 13.9. The molecule has 15 nitrogen and oxygen atoms in total. The van der Waals surface area contributed by atoms with Gasteiger partial charge in [-0.25, -0.2) is 15.0 Å². The number of guanidine groups is 2. The number of hydrogen-bond acceptors (Lipinski definition) is 13. The summed E-state index contributed by atoms with van der Waals surface area (Å²) in [5.41, 5.74) is 11.7. The quantitative estimate of drug-likeness (QED) is 0.188. The van der Waals surface area contributed by atoms with Crippen LogP contribution in [0, 0.1) is 0 Å². The largest absolute Gasteiger partial charge is 0.494 e. The minimum absolute atomic E-state index is 0.0466. The van der Waals surface area contributed by atoms with Gasteiger partial charge in [-0.2, -0.15) is 0 Å². The van der Waals surface area contributed by atoms with E-state index in [0.29, 0.717) is 12.4 Å². The Labute approximate surface area is 247 Å². The van der Waals surface area contributed by atoms with Crippen molar-refractivity contribution in [1.82, 2.24) is 25.8 Å². The summed E-state index contributed by atoms with van der Waals surface area (Å²) in [6.07, 6.45) is 2.26. The molecule has 4 aliphatic rings. The van der Waals surface area contributed by atoms with E-state index in [9.17, 15) is 19.8 Å². The van der Waals surface area contributed by atoms with E-state index in [-0.39, 0.29) is 47.4 Å². The van der Waals surface area contributed by atoms with E-state index in [1.807, 2.05) is 6.07 Å². The number of hydrogen-bond donors (Lipinski definition) is 7. The van der Waals surface area contributed by atoms with Gasteiger partial charge >= 0.3 is 0 Å². The number of nitrogens with two attached hydrogens (primary N) is 2. The Balaban J connectivity index is 1.26. The zero-order valence-electron chi connectivity index (χ0n) is 24.0. The molecular weight excluding hydrogens is 558 g/mol. The first-order chi connectivity index (χ1) is 20.4. The number of methoxy groups -OCH3 is 1. The van der Waals surface area contributed by atoms with E-state index in [4.69, 9.17) is 20.9 Å². The van der Waals surface area contributed by atoms with Crippen LogP contribution < -0.4 is 36.9 Å². The molecule has 5 heterocycles. The lowest BCUT2D eigenvalue weighted by Gasteiger charge is -2.49. The fourth-order valence-corrected chi connectivity index (χ4v) is 6.44. The third kappa shape index (κ3) is 4.29. The summed E-state index contributed by atoms with van der Waals surface area (Å²) in [6.45, 7) is 4.41. The lowest BCUT2D eigenvalue weighted by Crippen LogP contribution is -2.78. The van der Waals surface area contributed by atoms with Gasteiger partial charge in [0.25, 0.3) is 11.8 Å². The van der Waals surface area contributed by atoms with Crippen LogP contribution in [-0.4, -0.2) is 100 Å². The fourth-order valence-electron chi connectivity index (χ4n) is 6.44. The Morgan fingerprint density at radius 1 is 1.19 bits per heavy atom. The topological polar surface area (TPSA) is 222 Å². The summed E-state index contributed by atoms with van der Waals surface area (Å²) in [4.78, 5) is 41.0. The van der Waals surface area contributed by atoms with Gasteiger partial charge in [0.2, 0.25) is 5.79 Å². The number of nitrogens with zero attached hydrogens (tertiary/aromatic N) is 4. The number of aliphatic hydroxyl groups is 2. The number of aliphatic imine (C=N–C) groups is 2. The van der Waals surface area contributed by atoms with Crippen LogP contribution >= 0.6 is 0 Å². The molecule has 1 saturated heterocycles. The SMILES string of the molecule is COc1cccnc1C(=O)NC[C@@H]1N=C(N)N2CC(NC(=O)c3cccc4c3OCCC4(C)C)C(O)(O)C23NC(N)=NC13. The van der Waals surface area contributed by atoms with E-state index in [1.165, 1.54) is 18.2 Å². The molecule has 9 N–H and O–H groups in total. The zero-order valence-corrected chi connectivity index (χ0v) is 24.0. The van der Waals surface area contributed by atoms with Crippen LogP contribution in [0.25, 0.3) is 0 Å². The smallest absolute Gasteiger partial charge is 0.273 e. The molecule has 228 valence electrons. The van der Waals surface area contributed by atoms with E-state index in [1.54, 1.807) is 24.3 Å². The van der Waals surface area contributed by atoms with Crippen LogP contribution in [-0.2, 0) is 5.41 Å². The summed E-state index contributed by atoms with van der Waals surface area (Å²) in [6, 6.07) is 5.48. The van der Waals surface area contributed by atoms with Crippen molar-refractivity contribution < 1.29 is 29.3 Å². The minimum Gasteiger partial charge on any atom is -0.494 e. The number of amides is 2. The van der Waals surface area contributed by atoms with E-state index in [0.717, 1.165) is 12.0 Å². The Morgan fingerprint density at radius 2 is 1.98 bits per heavy atom. The first-order valence-corrected chi connectivity index (χ1v) is 13.9. The fraction of sp³-hybridized carbons (Fsp3) is 0.464. The predicted molar refractivity (Wildman–Crippen MR) is 155 cm³/mol. The molecule has 3 unspecified atom stereocenters. The highest BCUT2D eigenvalue weighted by molar-refractivity contribution is 5.98. The van der Waals surface area contributed by atoms with Crippen LogP contribution in [0.2, 0.25) is 0 Å². The van der Waals surface area contributed by atoms with Crippen LogP contribution in [0.5, 0.6) is 11.5 Å². The maximum absolute atomic E-state index is 13.6. The highest BCUT2D eigenvalue weighted by atomic mass is 16.5. The number of para-hydroxylation sites is 1. The van der Waals surface area contributed by atoms with E-state index in [2.05, 4.69) is 44.8 Å². The van der Waals surface area contributed by atoms with Gasteiger partial charge < -0.3 is 52.0 Å². The normalized spacial score (nSPS) is 27.7. The van der Waals surface area contributed by atoms with Gasteiger partial charge in [0.05, 0.1) is 25.3 Å². The Hall–Kier alpha value is -4.63. The molecule has 1 aromatic heterocycles. The maximum atomic E-state index is 13.6. The first kappa shape index (κ1) is 28.5. The van der Waals surface area contributed by atoms with Crippen molar-refractivity contribution in [2.24, 2.45) is 21.5 Å². The van der Waals surface area contributed by atoms with Crippen molar-refractivity contribution in [3.8, 4) is 11.5 Å². The minimum atomic E-state index is -2.64. The monoisotopic (exact) mass is 593 g/mol. The van der Waals surface area contributed by atoms with Crippen LogP contribution in [0.15, 0.2) is 46.5 Å². The van der Waals surface area contributed by atoms with Crippen molar-refractivity contribution in [3.63, 3.8) is 0 Å². The molecule has 4 atom stereocenters. The molecule has 1 spiro atoms. The Morgan fingerprint density at radius 3 is 2.74 bits per heavy atom. The number of rotatable bonds is 6. The molecular formula is C28H35N9O6. The average molecular weight is 594 g/mol. The predicted octanol–water partition coefficient (Wildman–Crippen LogP) is -1.65. The molecule has 0 saturated carbocycles. The third-order valence-electron chi connectivity index (χ3n) is 8.75. The molecule has 1 aromatic carbocycles. The summed E-state index contributed by atoms with van der Waals surface area (Å²) < 4.78 is 11.1. The van der Waals surface area contributed by atoms with Gasteiger partial charge in [0.15, 0.2) is 23.3 Å². The van der Waals surface area contributed by atoms with Crippen LogP contribution in [0.4, 0.5) is 0 Å². The molecule has 1 fully saturated rings. The number of nitrogens with one attached hydrogen (secondary N) is 3. The Bertz CT molecular complexity index is 1540. The lowest BCUT2D eigenvalue weighted by atomic mass is 9.79. The third-order valence-corrected chi connectivity index (χ3v) is 8.75. The Kier molecular flexibility index (Phi) is 6.61. The van der Waals surface area contributed by atoms with Crippen molar-refractivity contribution in [1.29, 1.82) is 0 Å². The molecule has 0 aliphatic carbocycles. The van der Waals surface area contributed by atoms with Gasteiger partial charge in [-0.15, -0.1) is 0 Å². The van der Waals surface area contributed by atoms with E-state index < -0.39 is 41.4 Å². The van der Waals surface area contributed by atoms with Gasteiger partial charge in [-0.05, 0) is 30.0 Å². The van der Waals surface area contributed by atoms with E-state index >= 15 is 0 Å². The van der Waals surface area contributed by atoms with Gasteiger partial charge in [0, 0.05) is 24.8 Å². The summed E-state index contributed by atoms with van der Waals surface area (Å²) in [7, 11) is 1.43. The molecule has 6 rings (SSSR count). The molecule has 4 aliphatic heterocycles. The second kappa shape index (κ2) is 9.98. The van der Waals surface area contributed by atoms with Crippen molar-refractivity contribution in [3.05, 3.63) is 53.3 Å². The molecule has 2 aromatic rings. The van der Waals surface area contributed by atoms with Crippen LogP contribution in [0.1, 0.15) is 46.7 Å². The summed E-state index contributed by atoms with van der Waals surface area (Å²) >= 11 is 0. The molecule has 15 heteroatoms. The number of pyridine rings is 1. The second-order valence-corrected chi connectivity index (χ2v) is 11.7. The number of carbonyl (C=O) groups is 2. The highest BCUT2D eigenvalue weighted by Crippen LogP contribution is 2.45. The highest BCUT2D eigenvalue weighted by Gasteiger charge is 2.73. The second-order valence-electron chi connectivity index (χ2n) is 11.7. The number of aromatic nitrogens is 1. The van der Waals surface area contributed by atoms with Crippen LogP contribution in [0.3, 0.4) is 0 Å². The number of ether oxygens (including phenoxy) is 2. The van der Waals surface area contributed by atoms with Crippen molar-refractivity contribution in [2.45, 2.75) is 55.3 Å². The van der Waals surface area contributed by atoms with Crippen molar-refractivity contribution in [2.75, 3.05) is 26.8 Å². The maximum Gasteiger partial charge on any atom is 0.273 e. The number of fused-ring (bicyclic) bond motifs is 1. The van der Waals surface area contributed by atoms with Crippen molar-refractivity contribution >= 4 is 23.7 Å². The average Bonchev–Trinajstić information content (AvgIpc) is 3.44. The van der Waals surface area contributed by atoms with Gasteiger partial charge in [0.1, 0.15) is 23.6 Å². The van der Waals surface area contributed by atoms with Gasteiger partial charge in [-0.1, -0.05) is 26.0 Å².